The number of likely N-dealkylation sites (tertiary alicyclic amines) is 1. The molecule has 0 spiro atoms. The third kappa shape index (κ3) is 2.50. The molecule has 20 heavy (non-hydrogen) atoms. The van der Waals surface area contributed by atoms with Gasteiger partial charge in [-0.15, -0.1) is 0 Å². The van der Waals surface area contributed by atoms with E-state index in [1.54, 1.807) is 11.0 Å². The van der Waals surface area contributed by atoms with E-state index in [2.05, 4.69) is 5.32 Å². The van der Waals surface area contributed by atoms with Gasteiger partial charge in [0.25, 0.3) is 0 Å². The van der Waals surface area contributed by atoms with E-state index in [4.69, 9.17) is 11.6 Å². The number of amides is 2. The Kier molecular flexibility index (Phi) is 3.61. The lowest BCUT2D eigenvalue weighted by Gasteiger charge is -2.19. The molecule has 2 fully saturated rings. The number of anilines is 1. The van der Waals surface area contributed by atoms with Crippen molar-refractivity contribution in [2.45, 2.75) is 25.9 Å². The second kappa shape index (κ2) is 5.26. The summed E-state index contributed by atoms with van der Waals surface area (Å²) in [4.78, 5) is 14.0. The highest BCUT2D eigenvalue weighted by atomic mass is 35.5. The van der Waals surface area contributed by atoms with E-state index in [1.165, 1.54) is 0 Å². The smallest absolute Gasteiger partial charge is 0.321 e. The van der Waals surface area contributed by atoms with Crippen LogP contribution in [0.2, 0.25) is 5.02 Å². The number of aryl methyl sites for hydroxylation is 1. The van der Waals surface area contributed by atoms with E-state index >= 15 is 0 Å². The molecule has 0 radical (unpaired) electrons. The van der Waals surface area contributed by atoms with Crippen LogP contribution in [0.25, 0.3) is 0 Å². The van der Waals surface area contributed by atoms with Crippen molar-refractivity contribution in [3.05, 3.63) is 28.8 Å². The molecule has 1 aliphatic carbocycles. The molecule has 1 aromatic carbocycles. The Morgan fingerprint density at radius 1 is 1.40 bits per heavy atom. The minimum atomic E-state index is -0.244. The van der Waals surface area contributed by atoms with Gasteiger partial charge in [-0.3, -0.25) is 0 Å². The molecular weight excluding hydrogens is 276 g/mol. The molecule has 1 heterocycles. The zero-order chi connectivity index (χ0) is 14.3. The van der Waals surface area contributed by atoms with Gasteiger partial charge in [-0.1, -0.05) is 17.7 Å². The predicted molar refractivity (Wildman–Crippen MR) is 79.0 cm³/mol. The zero-order valence-electron chi connectivity index (χ0n) is 11.5. The van der Waals surface area contributed by atoms with E-state index in [-0.39, 0.29) is 18.1 Å². The molecular formula is C15H19ClN2O2. The summed E-state index contributed by atoms with van der Waals surface area (Å²) in [6, 6.07) is 5.40. The lowest BCUT2D eigenvalue weighted by molar-refractivity contribution is 0.127. The van der Waals surface area contributed by atoms with Crippen LogP contribution in [0.5, 0.6) is 0 Å². The second-order valence-corrected chi connectivity index (χ2v) is 6.27. The lowest BCUT2D eigenvalue weighted by Crippen LogP contribution is -2.34. The quantitative estimate of drug-likeness (QED) is 0.837. The van der Waals surface area contributed by atoms with Gasteiger partial charge in [0.05, 0.1) is 6.10 Å². The summed E-state index contributed by atoms with van der Waals surface area (Å²) in [7, 11) is 0. The van der Waals surface area contributed by atoms with Crippen LogP contribution >= 0.6 is 11.6 Å². The van der Waals surface area contributed by atoms with Gasteiger partial charge in [0.2, 0.25) is 0 Å². The van der Waals surface area contributed by atoms with Crippen molar-refractivity contribution in [3.63, 3.8) is 0 Å². The minimum Gasteiger partial charge on any atom is -0.393 e. The first-order chi connectivity index (χ1) is 9.54. The van der Waals surface area contributed by atoms with E-state index in [9.17, 15) is 9.90 Å². The molecule has 1 aromatic rings. The summed E-state index contributed by atoms with van der Waals surface area (Å²) in [5.41, 5.74) is 1.70. The number of aliphatic hydroxyl groups excluding tert-OH is 1. The van der Waals surface area contributed by atoms with E-state index in [0.717, 1.165) is 24.9 Å². The largest absolute Gasteiger partial charge is 0.393 e. The van der Waals surface area contributed by atoms with Crippen molar-refractivity contribution in [2.75, 3.05) is 18.4 Å². The Morgan fingerprint density at radius 2 is 2.20 bits per heavy atom. The number of hydrogen-bond acceptors (Lipinski definition) is 2. The van der Waals surface area contributed by atoms with Gasteiger partial charge in [-0.05, 0) is 43.4 Å². The number of carbonyl (C=O) groups excluding carboxylic acids is 1. The first-order valence-corrected chi connectivity index (χ1v) is 7.42. The number of rotatable bonds is 1. The molecule has 0 aromatic heterocycles. The Morgan fingerprint density at radius 3 is 2.90 bits per heavy atom. The van der Waals surface area contributed by atoms with Crippen molar-refractivity contribution < 1.29 is 9.90 Å². The van der Waals surface area contributed by atoms with Crippen molar-refractivity contribution in [2.24, 2.45) is 11.8 Å². The van der Waals surface area contributed by atoms with Crippen LogP contribution in [0.3, 0.4) is 0 Å². The van der Waals surface area contributed by atoms with Gasteiger partial charge in [0.15, 0.2) is 0 Å². The van der Waals surface area contributed by atoms with Gasteiger partial charge < -0.3 is 15.3 Å². The van der Waals surface area contributed by atoms with Crippen molar-refractivity contribution in [1.82, 2.24) is 4.90 Å². The fourth-order valence-corrected chi connectivity index (χ4v) is 3.46. The molecule has 1 saturated heterocycles. The summed E-state index contributed by atoms with van der Waals surface area (Å²) < 4.78 is 0. The van der Waals surface area contributed by atoms with Crippen LogP contribution in [-0.2, 0) is 0 Å². The highest BCUT2D eigenvalue weighted by Gasteiger charge is 2.43. The van der Waals surface area contributed by atoms with Crippen LogP contribution in [0.15, 0.2) is 18.2 Å². The minimum absolute atomic E-state index is 0.105. The van der Waals surface area contributed by atoms with Crippen LogP contribution in [-0.4, -0.2) is 35.2 Å². The van der Waals surface area contributed by atoms with Crippen LogP contribution in [0, 0.1) is 18.8 Å². The fraction of sp³-hybridized carbons (Fsp3) is 0.533. The number of nitrogens with one attached hydrogen (secondary N) is 1. The van der Waals surface area contributed by atoms with E-state index in [0.29, 0.717) is 23.2 Å². The molecule has 0 bridgehead atoms. The second-order valence-electron chi connectivity index (χ2n) is 5.87. The van der Waals surface area contributed by atoms with Gasteiger partial charge in [-0.2, -0.15) is 0 Å². The van der Waals surface area contributed by atoms with Gasteiger partial charge >= 0.3 is 6.03 Å². The molecule has 2 N–H and O–H groups in total. The topological polar surface area (TPSA) is 52.6 Å². The molecule has 3 atom stereocenters. The van der Waals surface area contributed by atoms with Crippen molar-refractivity contribution >= 4 is 23.3 Å². The number of benzene rings is 1. The number of aliphatic hydroxyl groups is 1. The SMILES string of the molecule is Cc1ccc(NC(=O)N2CC3CCC(O)C3C2)cc1Cl. The Hall–Kier alpha value is -1.26. The normalized spacial score (nSPS) is 28.6. The molecule has 3 rings (SSSR count). The Balaban J connectivity index is 1.64. The predicted octanol–water partition coefficient (Wildman–Crippen LogP) is 2.88. The maximum Gasteiger partial charge on any atom is 0.321 e. The number of nitrogens with zero attached hydrogens (tertiary/aromatic N) is 1. The van der Waals surface area contributed by atoms with Crippen molar-refractivity contribution in [3.8, 4) is 0 Å². The molecule has 1 saturated carbocycles. The maximum absolute atomic E-state index is 12.2. The molecule has 5 heteroatoms. The molecule has 1 aliphatic heterocycles. The van der Waals surface area contributed by atoms with Gasteiger partial charge in [-0.25, -0.2) is 4.79 Å². The molecule has 2 amide bonds. The first-order valence-electron chi connectivity index (χ1n) is 7.05. The van der Waals surface area contributed by atoms with Crippen LogP contribution in [0.4, 0.5) is 10.5 Å². The standard InChI is InChI=1S/C15H19ClN2O2/c1-9-2-4-11(6-13(9)16)17-15(20)18-7-10-3-5-14(19)12(10)8-18/h2,4,6,10,12,14,19H,3,5,7-8H2,1H3,(H,17,20). The number of halogens is 1. The summed E-state index contributed by atoms with van der Waals surface area (Å²) in [5.74, 6) is 0.708. The number of carbonyl (C=O) groups is 1. The van der Waals surface area contributed by atoms with Gasteiger partial charge in [0, 0.05) is 29.7 Å². The Bertz CT molecular complexity index is 535. The van der Waals surface area contributed by atoms with Crippen molar-refractivity contribution in [1.29, 1.82) is 0 Å². The molecule has 3 unspecified atom stereocenters. The summed E-state index contributed by atoms with van der Waals surface area (Å²) >= 11 is 6.06. The summed E-state index contributed by atoms with van der Waals surface area (Å²) in [5, 5.41) is 13.4. The molecule has 4 nitrogen and oxygen atoms in total. The molecule has 108 valence electrons. The average Bonchev–Trinajstić information content (AvgIpc) is 2.97. The van der Waals surface area contributed by atoms with Gasteiger partial charge in [0.1, 0.15) is 0 Å². The maximum atomic E-state index is 12.2. The van der Waals surface area contributed by atoms with Crippen LogP contribution in [0.1, 0.15) is 18.4 Å². The van der Waals surface area contributed by atoms with E-state index < -0.39 is 0 Å². The number of urea groups is 1. The third-order valence-electron chi connectivity index (χ3n) is 4.53. The lowest BCUT2D eigenvalue weighted by atomic mass is 10.00. The summed E-state index contributed by atoms with van der Waals surface area (Å²) in [6.07, 6.45) is 1.65. The van der Waals surface area contributed by atoms with E-state index in [1.807, 2.05) is 19.1 Å². The highest BCUT2D eigenvalue weighted by Crippen LogP contribution is 2.38. The number of fused-ring (bicyclic) bond motifs is 1. The Labute approximate surface area is 123 Å². The third-order valence-corrected chi connectivity index (χ3v) is 4.94. The van der Waals surface area contributed by atoms with Crippen LogP contribution < -0.4 is 5.32 Å². The zero-order valence-corrected chi connectivity index (χ0v) is 12.2. The average molecular weight is 295 g/mol. The molecule has 2 aliphatic rings. The highest BCUT2D eigenvalue weighted by molar-refractivity contribution is 6.31. The monoisotopic (exact) mass is 294 g/mol. The number of hydrogen-bond donors (Lipinski definition) is 2. The first kappa shape index (κ1) is 13.7. The fourth-order valence-electron chi connectivity index (χ4n) is 3.28. The summed E-state index contributed by atoms with van der Waals surface area (Å²) in [6.45, 7) is 3.32.